The molecule has 0 spiro atoms. The van der Waals surface area contributed by atoms with Crippen LogP contribution in [0.15, 0.2) is 18.2 Å². The Morgan fingerprint density at radius 1 is 1.30 bits per heavy atom. The van der Waals surface area contributed by atoms with Gasteiger partial charge < -0.3 is 10.1 Å². The molecule has 1 saturated heterocycles. The molecule has 1 aliphatic rings. The Hall–Kier alpha value is -1.07. The van der Waals surface area contributed by atoms with Crippen molar-refractivity contribution in [3.8, 4) is 0 Å². The third kappa shape index (κ3) is 3.15. The van der Waals surface area contributed by atoms with Crippen molar-refractivity contribution in [1.82, 2.24) is 5.32 Å². The van der Waals surface area contributed by atoms with E-state index in [0.717, 1.165) is 24.5 Å². The van der Waals surface area contributed by atoms with Gasteiger partial charge in [0.05, 0.1) is 23.8 Å². The summed E-state index contributed by atoms with van der Waals surface area (Å²) in [6.45, 7) is 3.74. The molecule has 0 radical (unpaired) electrons. The lowest BCUT2D eigenvalue weighted by Crippen LogP contribution is -2.30. The lowest BCUT2D eigenvalue weighted by molar-refractivity contribution is -0.137. The minimum Gasteiger partial charge on any atom is -0.373 e. The number of ether oxygens (including phenoxy) is 1. The molecule has 112 valence electrons. The van der Waals surface area contributed by atoms with Gasteiger partial charge >= 0.3 is 6.18 Å². The molecule has 0 bridgehead atoms. The van der Waals surface area contributed by atoms with Crippen molar-refractivity contribution < 1.29 is 17.9 Å². The van der Waals surface area contributed by atoms with Crippen LogP contribution in [0.4, 0.5) is 13.2 Å². The van der Waals surface area contributed by atoms with Gasteiger partial charge in [-0.05, 0) is 57.0 Å². The molecule has 0 amide bonds. The summed E-state index contributed by atoms with van der Waals surface area (Å²) in [5, 5.41) is 3.17. The summed E-state index contributed by atoms with van der Waals surface area (Å²) >= 11 is 0. The summed E-state index contributed by atoms with van der Waals surface area (Å²) in [5.74, 6) is 0. The van der Waals surface area contributed by atoms with Gasteiger partial charge in [-0.2, -0.15) is 13.2 Å². The molecule has 0 aliphatic carbocycles. The second kappa shape index (κ2) is 5.74. The van der Waals surface area contributed by atoms with Crippen molar-refractivity contribution in [3.63, 3.8) is 0 Å². The molecule has 2 rings (SSSR count). The van der Waals surface area contributed by atoms with Crippen LogP contribution in [0.1, 0.15) is 42.5 Å². The fourth-order valence-corrected chi connectivity index (χ4v) is 2.82. The third-order valence-corrected chi connectivity index (χ3v) is 3.88. The average Bonchev–Trinajstić information content (AvgIpc) is 2.77. The van der Waals surface area contributed by atoms with Crippen molar-refractivity contribution in [3.05, 3.63) is 34.9 Å². The summed E-state index contributed by atoms with van der Waals surface area (Å²) in [6, 6.07) is 3.84. The molecular formula is C15H20F3NO. The summed E-state index contributed by atoms with van der Waals surface area (Å²) in [6.07, 6.45) is -2.15. The first-order valence-corrected chi connectivity index (χ1v) is 6.83. The SMILES string of the molecule is CNC(c1ccc(C(F)(F)F)cc1C)C1CCC(C)O1. The summed E-state index contributed by atoms with van der Waals surface area (Å²) in [5.41, 5.74) is 0.913. The first-order valence-electron chi connectivity index (χ1n) is 6.83. The summed E-state index contributed by atoms with van der Waals surface area (Å²) < 4.78 is 43.9. The van der Waals surface area contributed by atoms with Crippen molar-refractivity contribution in [2.24, 2.45) is 0 Å². The Balaban J connectivity index is 2.27. The Bertz CT molecular complexity index is 473. The second-order valence-electron chi connectivity index (χ2n) is 5.40. The molecule has 1 N–H and O–H groups in total. The highest BCUT2D eigenvalue weighted by atomic mass is 19.4. The van der Waals surface area contributed by atoms with E-state index in [4.69, 9.17) is 4.74 Å². The second-order valence-corrected chi connectivity index (χ2v) is 5.40. The fraction of sp³-hybridized carbons (Fsp3) is 0.600. The lowest BCUT2D eigenvalue weighted by atomic mass is 9.94. The van der Waals surface area contributed by atoms with Crippen LogP contribution in [0.3, 0.4) is 0 Å². The number of halogens is 3. The van der Waals surface area contributed by atoms with Crippen molar-refractivity contribution >= 4 is 0 Å². The quantitative estimate of drug-likeness (QED) is 0.912. The van der Waals surface area contributed by atoms with Crippen LogP contribution in [0, 0.1) is 6.92 Å². The van der Waals surface area contributed by atoms with E-state index in [9.17, 15) is 13.2 Å². The molecule has 2 nitrogen and oxygen atoms in total. The number of alkyl halides is 3. The number of nitrogens with one attached hydrogen (secondary N) is 1. The van der Waals surface area contributed by atoms with Gasteiger partial charge in [-0.3, -0.25) is 0 Å². The highest BCUT2D eigenvalue weighted by molar-refractivity contribution is 5.35. The largest absolute Gasteiger partial charge is 0.416 e. The van der Waals surface area contributed by atoms with Gasteiger partial charge in [0.15, 0.2) is 0 Å². The topological polar surface area (TPSA) is 21.3 Å². The van der Waals surface area contributed by atoms with Crippen molar-refractivity contribution in [2.45, 2.75) is 51.1 Å². The average molecular weight is 287 g/mol. The predicted octanol–water partition coefficient (Wildman–Crippen LogP) is 3.84. The molecular weight excluding hydrogens is 267 g/mol. The van der Waals surface area contributed by atoms with Gasteiger partial charge in [-0.15, -0.1) is 0 Å². The van der Waals surface area contributed by atoms with E-state index < -0.39 is 11.7 Å². The molecule has 3 atom stereocenters. The van der Waals surface area contributed by atoms with E-state index in [1.807, 2.05) is 14.0 Å². The number of benzene rings is 1. The monoisotopic (exact) mass is 287 g/mol. The highest BCUT2D eigenvalue weighted by Crippen LogP contribution is 2.35. The molecule has 3 unspecified atom stereocenters. The van der Waals surface area contributed by atoms with Crippen LogP contribution in [-0.4, -0.2) is 19.3 Å². The molecule has 0 aromatic heterocycles. The molecule has 20 heavy (non-hydrogen) atoms. The van der Waals surface area contributed by atoms with Crippen molar-refractivity contribution in [1.29, 1.82) is 0 Å². The van der Waals surface area contributed by atoms with E-state index in [2.05, 4.69) is 5.32 Å². The van der Waals surface area contributed by atoms with E-state index in [0.29, 0.717) is 5.56 Å². The number of aryl methyl sites for hydroxylation is 1. The van der Waals surface area contributed by atoms with E-state index in [1.54, 1.807) is 13.0 Å². The molecule has 0 saturated carbocycles. The van der Waals surface area contributed by atoms with Crippen LogP contribution in [0.5, 0.6) is 0 Å². The summed E-state index contributed by atoms with van der Waals surface area (Å²) in [4.78, 5) is 0. The fourth-order valence-electron chi connectivity index (χ4n) is 2.82. The Morgan fingerprint density at radius 3 is 2.45 bits per heavy atom. The maximum atomic E-state index is 12.7. The van der Waals surface area contributed by atoms with Gasteiger partial charge in [-0.25, -0.2) is 0 Å². The Morgan fingerprint density at radius 2 is 2.00 bits per heavy atom. The van der Waals surface area contributed by atoms with Crippen LogP contribution in [0.2, 0.25) is 0 Å². The standard InChI is InChI=1S/C15H20F3NO/c1-9-8-11(15(16,17)18)5-6-12(9)14(19-3)13-7-4-10(2)20-13/h5-6,8,10,13-14,19H,4,7H2,1-3H3. The molecule has 1 heterocycles. The molecule has 1 aromatic rings. The Kier molecular flexibility index (Phi) is 4.39. The smallest absolute Gasteiger partial charge is 0.373 e. The maximum Gasteiger partial charge on any atom is 0.416 e. The molecule has 5 heteroatoms. The number of rotatable bonds is 3. The number of likely N-dealkylation sites (N-methyl/N-ethyl adjacent to an activating group) is 1. The maximum absolute atomic E-state index is 12.7. The summed E-state index contributed by atoms with van der Waals surface area (Å²) in [7, 11) is 1.81. The van der Waals surface area contributed by atoms with Gasteiger partial charge in [-0.1, -0.05) is 6.07 Å². The molecule has 1 aliphatic heterocycles. The van der Waals surface area contributed by atoms with E-state index >= 15 is 0 Å². The van der Waals surface area contributed by atoms with Crippen LogP contribution in [0.25, 0.3) is 0 Å². The normalized spacial score (nSPS) is 24.9. The minimum absolute atomic E-state index is 0.0189. The van der Waals surface area contributed by atoms with Gasteiger partial charge in [0.25, 0.3) is 0 Å². The van der Waals surface area contributed by atoms with Gasteiger partial charge in [0.2, 0.25) is 0 Å². The van der Waals surface area contributed by atoms with E-state index in [1.165, 1.54) is 6.07 Å². The first kappa shape index (κ1) is 15.3. The number of hydrogen-bond donors (Lipinski definition) is 1. The zero-order valence-electron chi connectivity index (χ0n) is 11.9. The van der Waals surface area contributed by atoms with E-state index in [-0.39, 0.29) is 18.2 Å². The predicted molar refractivity (Wildman–Crippen MR) is 71.6 cm³/mol. The van der Waals surface area contributed by atoms with Crippen LogP contribution in [-0.2, 0) is 10.9 Å². The zero-order valence-corrected chi connectivity index (χ0v) is 11.9. The van der Waals surface area contributed by atoms with Crippen molar-refractivity contribution in [2.75, 3.05) is 7.05 Å². The Labute approximate surface area is 117 Å². The molecule has 1 fully saturated rings. The first-order chi connectivity index (χ1) is 9.32. The highest BCUT2D eigenvalue weighted by Gasteiger charge is 2.33. The van der Waals surface area contributed by atoms with Gasteiger partial charge in [0, 0.05) is 0 Å². The lowest BCUT2D eigenvalue weighted by Gasteiger charge is -2.25. The molecule has 1 aromatic carbocycles. The third-order valence-electron chi connectivity index (χ3n) is 3.88. The minimum atomic E-state index is -4.29. The number of hydrogen-bond acceptors (Lipinski definition) is 2. The van der Waals surface area contributed by atoms with Crippen LogP contribution >= 0.6 is 0 Å². The van der Waals surface area contributed by atoms with Gasteiger partial charge in [0.1, 0.15) is 0 Å². The van der Waals surface area contributed by atoms with Crippen LogP contribution < -0.4 is 5.32 Å². The zero-order chi connectivity index (χ0) is 14.9.